The molecule has 2 heterocycles. The molecule has 0 saturated carbocycles. The fourth-order valence-electron chi connectivity index (χ4n) is 2.21. The van der Waals surface area contributed by atoms with Crippen molar-refractivity contribution in [2.45, 2.75) is 20.0 Å². The number of nitrogens with zero attached hydrogens (tertiary/aromatic N) is 5. The Morgan fingerprint density at radius 1 is 1.32 bits per heavy atom. The third kappa shape index (κ3) is 3.37. The Kier molecular flexibility index (Phi) is 4.26. The van der Waals surface area contributed by atoms with E-state index in [1.54, 1.807) is 16.9 Å². The molecule has 0 bridgehead atoms. The molecule has 0 atom stereocenters. The molecule has 0 aliphatic heterocycles. The summed E-state index contributed by atoms with van der Waals surface area (Å²) in [6.45, 7) is 3.52. The maximum absolute atomic E-state index is 13.3. The van der Waals surface area contributed by atoms with Crippen molar-refractivity contribution in [3.63, 3.8) is 0 Å². The van der Waals surface area contributed by atoms with E-state index in [1.165, 1.54) is 28.5 Å². The molecule has 22 heavy (non-hydrogen) atoms. The van der Waals surface area contributed by atoms with Gasteiger partial charge in [-0.1, -0.05) is 10.6 Å². The van der Waals surface area contributed by atoms with Crippen molar-refractivity contribution in [1.82, 2.24) is 24.3 Å². The van der Waals surface area contributed by atoms with E-state index in [9.17, 15) is 4.39 Å². The molecular weight excluding hydrogens is 301 g/mol. The highest BCUT2D eigenvalue weighted by atomic mass is 32.1. The highest BCUT2D eigenvalue weighted by Crippen LogP contribution is 2.15. The van der Waals surface area contributed by atoms with Crippen LogP contribution in [0, 0.1) is 12.7 Å². The van der Waals surface area contributed by atoms with Crippen molar-refractivity contribution in [3.05, 3.63) is 58.6 Å². The minimum Gasteiger partial charge on any atom is -0.297 e. The molecule has 0 unspecified atom stereocenters. The van der Waals surface area contributed by atoms with Gasteiger partial charge >= 0.3 is 0 Å². The molecule has 0 spiro atoms. The molecule has 0 amide bonds. The summed E-state index contributed by atoms with van der Waals surface area (Å²) in [7, 11) is 2.04. The number of halogens is 1. The Morgan fingerprint density at radius 3 is 2.91 bits per heavy atom. The molecule has 0 aliphatic carbocycles. The first-order valence-corrected chi connectivity index (χ1v) is 7.65. The van der Waals surface area contributed by atoms with Gasteiger partial charge in [0.15, 0.2) is 0 Å². The summed E-state index contributed by atoms with van der Waals surface area (Å²) in [5.41, 5.74) is 2.77. The number of hydrogen-bond donors (Lipinski definition) is 0. The SMILES string of the molecule is Cc1nnsc1CN(C)Cc1cnn(-c2cccc(F)c2)c1. The van der Waals surface area contributed by atoms with Crippen LogP contribution < -0.4 is 0 Å². The van der Waals surface area contributed by atoms with Gasteiger partial charge < -0.3 is 0 Å². The fraction of sp³-hybridized carbons (Fsp3) is 0.267. The number of benzene rings is 1. The van der Waals surface area contributed by atoms with Gasteiger partial charge in [-0.25, -0.2) is 9.07 Å². The van der Waals surface area contributed by atoms with Crippen LogP contribution in [0.15, 0.2) is 36.7 Å². The lowest BCUT2D eigenvalue weighted by Gasteiger charge is -2.14. The first kappa shape index (κ1) is 14.8. The summed E-state index contributed by atoms with van der Waals surface area (Å²) in [4.78, 5) is 3.34. The van der Waals surface area contributed by atoms with Crippen LogP contribution in [0.3, 0.4) is 0 Å². The molecule has 0 radical (unpaired) electrons. The normalized spacial score (nSPS) is 11.3. The Bertz CT molecular complexity index is 767. The van der Waals surface area contributed by atoms with Gasteiger partial charge in [0.25, 0.3) is 0 Å². The highest BCUT2D eigenvalue weighted by molar-refractivity contribution is 7.05. The van der Waals surface area contributed by atoms with Gasteiger partial charge in [-0.15, -0.1) is 5.10 Å². The van der Waals surface area contributed by atoms with Gasteiger partial charge in [0.1, 0.15) is 5.82 Å². The molecule has 114 valence electrons. The van der Waals surface area contributed by atoms with Gasteiger partial charge in [-0.05, 0) is 43.7 Å². The van der Waals surface area contributed by atoms with Crippen molar-refractivity contribution < 1.29 is 4.39 Å². The van der Waals surface area contributed by atoms with E-state index < -0.39 is 0 Å². The van der Waals surface area contributed by atoms with Gasteiger partial charge in [0.2, 0.25) is 0 Å². The van der Waals surface area contributed by atoms with Crippen molar-refractivity contribution >= 4 is 11.5 Å². The van der Waals surface area contributed by atoms with Gasteiger partial charge in [0, 0.05) is 24.8 Å². The van der Waals surface area contributed by atoms with Gasteiger partial charge in [0.05, 0.1) is 22.5 Å². The second-order valence-corrected chi connectivity index (χ2v) is 6.07. The van der Waals surface area contributed by atoms with Crippen molar-refractivity contribution in [2.75, 3.05) is 7.05 Å². The minimum absolute atomic E-state index is 0.264. The van der Waals surface area contributed by atoms with E-state index in [0.717, 1.165) is 30.0 Å². The second-order valence-electron chi connectivity index (χ2n) is 5.23. The monoisotopic (exact) mass is 317 g/mol. The zero-order chi connectivity index (χ0) is 15.5. The van der Waals surface area contributed by atoms with Crippen LogP contribution >= 0.6 is 11.5 Å². The smallest absolute Gasteiger partial charge is 0.125 e. The summed E-state index contributed by atoms with van der Waals surface area (Å²) in [5, 5.41) is 8.32. The zero-order valence-corrected chi connectivity index (χ0v) is 13.2. The van der Waals surface area contributed by atoms with Crippen LogP contribution in [-0.4, -0.2) is 31.3 Å². The van der Waals surface area contributed by atoms with E-state index in [-0.39, 0.29) is 5.82 Å². The second kappa shape index (κ2) is 6.33. The Labute approximate surface area is 132 Å². The number of aromatic nitrogens is 4. The maximum atomic E-state index is 13.3. The van der Waals surface area contributed by atoms with Crippen LogP contribution in [0.1, 0.15) is 16.1 Å². The summed E-state index contributed by atoms with van der Waals surface area (Å²) >= 11 is 1.43. The van der Waals surface area contributed by atoms with Crippen molar-refractivity contribution in [3.8, 4) is 5.69 Å². The summed E-state index contributed by atoms with van der Waals surface area (Å²) in [6.07, 6.45) is 3.72. The first-order chi connectivity index (χ1) is 10.6. The van der Waals surface area contributed by atoms with Gasteiger partial charge in [-0.2, -0.15) is 5.10 Å². The lowest BCUT2D eigenvalue weighted by atomic mass is 10.3. The van der Waals surface area contributed by atoms with E-state index in [1.807, 2.05) is 26.2 Å². The number of hydrogen-bond acceptors (Lipinski definition) is 5. The Balaban J connectivity index is 1.68. The molecule has 1 aromatic carbocycles. The largest absolute Gasteiger partial charge is 0.297 e. The highest BCUT2D eigenvalue weighted by Gasteiger charge is 2.09. The molecular formula is C15H16FN5S. The van der Waals surface area contributed by atoms with Crippen LogP contribution in [0.4, 0.5) is 4.39 Å². The van der Waals surface area contributed by atoms with Crippen LogP contribution in [0.2, 0.25) is 0 Å². The zero-order valence-electron chi connectivity index (χ0n) is 12.4. The van der Waals surface area contributed by atoms with Crippen LogP contribution in [0.25, 0.3) is 5.69 Å². The quantitative estimate of drug-likeness (QED) is 0.726. The average Bonchev–Trinajstić information content (AvgIpc) is 3.09. The molecule has 0 fully saturated rings. The molecule has 0 saturated heterocycles. The number of rotatable bonds is 5. The lowest BCUT2D eigenvalue weighted by molar-refractivity contribution is 0.321. The van der Waals surface area contributed by atoms with Crippen molar-refractivity contribution in [2.24, 2.45) is 0 Å². The summed E-state index contributed by atoms with van der Waals surface area (Å²) in [5.74, 6) is -0.264. The van der Waals surface area contributed by atoms with E-state index in [0.29, 0.717) is 0 Å². The average molecular weight is 317 g/mol. The molecule has 3 aromatic rings. The summed E-state index contributed by atoms with van der Waals surface area (Å²) in [6, 6.07) is 6.40. The van der Waals surface area contributed by atoms with E-state index >= 15 is 0 Å². The Hall–Kier alpha value is -2.12. The minimum atomic E-state index is -0.264. The topological polar surface area (TPSA) is 46.8 Å². The predicted molar refractivity (Wildman–Crippen MR) is 83.3 cm³/mol. The van der Waals surface area contributed by atoms with E-state index in [4.69, 9.17) is 0 Å². The van der Waals surface area contributed by atoms with E-state index in [2.05, 4.69) is 19.6 Å². The molecule has 0 aliphatic rings. The van der Waals surface area contributed by atoms with Crippen molar-refractivity contribution in [1.29, 1.82) is 0 Å². The summed E-state index contributed by atoms with van der Waals surface area (Å²) < 4.78 is 18.9. The predicted octanol–water partition coefficient (Wildman–Crippen LogP) is 2.80. The fourth-order valence-corrected chi connectivity index (χ4v) is 2.92. The third-order valence-corrected chi connectivity index (χ3v) is 4.13. The number of aryl methyl sites for hydroxylation is 1. The third-order valence-electron chi connectivity index (χ3n) is 3.32. The molecule has 5 nitrogen and oxygen atoms in total. The standard InChI is InChI=1S/C15H16FN5S/c1-11-15(22-19-18-11)10-20(2)8-12-7-17-21(9-12)14-5-3-4-13(16)6-14/h3-7,9H,8,10H2,1-2H3. The first-order valence-electron chi connectivity index (χ1n) is 6.87. The van der Waals surface area contributed by atoms with Gasteiger partial charge in [-0.3, -0.25) is 4.90 Å². The molecule has 2 aromatic heterocycles. The van der Waals surface area contributed by atoms with Crippen LogP contribution in [-0.2, 0) is 13.1 Å². The van der Waals surface area contributed by atoms with Crippen LogP contribution in [0.5, 0.6) is 0 Å². The lowest BCUT2D eigenvalue weighted by Crippen LogP contribution is -2.16. The molecule has 0 N–H and O–H groups in total. The molecule has 7 heteroatoms. The molecule has 3 rings (SSSR count). The maximum Gasteiger partial charge on any atom is 0.125 e. The Morgan fingerprint density at radius 2 is 2.18 bits per heavy atom.